The van der Waals surface area contributed by atoms with Crippen molar-refractivity contribution < 1.29 is 9.53 Å². The molecule has 2 rings (SSSR count). The van der Waals surface area contributed by atoms with Gasteiger partial charge in [-0.15, -0.1) is 0 Å². The van der Waals surface area contributed by atoms with E-state index in [0.717, 1.165) is 0 Å². The second-order valence-electron chi connectivity index (χ2n) is 3.64. The molecule has 2 aromatic rings. The van der Waals surface area contributed by atoms with Crippen LogP contribution in [0.1, 0.15) is 10.4 Å². The van der Waals surface area contributed by atoms with Gasteiger partial charge in [-0.25, -0.2) is 4.79 Å². The van der Waals surface area contributed by atoms with Gasteiger partial charge in [0.05, 0.1) is 33.4 Å². The van der Waals surface area contributed by atoms with Crippen molar-refractivity contribution in [1.29, 1.82) is 0 Å². The average molecular weight is 317 g/mol. The zero-order valence-electron chi connectivity index (χ0n) is 9.78. The average Bonchev–Trinajstić information content (AvgIpc) is 2.39. The minimum atomic E-state index is -0.508. The lowest BCUT2D eigenvalue weighted by Crippen LogP contribution is -2.02. The number of halogens is 3. The molecule has 0 atom stereocenters. The van der Waals surface area contributed by atoms with E-state index in [4.69, 9.17) is 34.8 Å². The van der Waals surface area contributed by atoms with Crippen molar-refractivity contribution in [2.24, 2.45) is 0 Å². The van der Waals surface area contributed by atoms with Crippen molar-refractivity contribution in [3.8, 4) is 11.3 Å². The number of methoxy groups -OCH3 is 1. The SMILES string of the molecule is COC(=O)c1cnc(-c2c(Cl)cccc2Cl)c(Cl)c1. The predicted octanol–water partition coefficient (Wildman–Crippen LogP) is 4.50. The first-order valence-electron chi connectivity index (χ1n) is 5.23. The molecule has 0 saturated carbocycles. The van der Waals surface area contributed by atoms with Crippen LogP contribution in [-0.4, -0.2) is 18.1 Å². The fourth-order valence-electron chi connectivity index (χ4n) is 1.58. The number of rotatable bonds is 2. The van der Waals surface area contributed by atoms with Crippen LogP contribution < -0.4 is 0 Å². The predicted molar refractivity (Wildman–Crippen MR) is 76.0 cm³/mol. The molecule has 0 aliphatic heterocycles. The molecule has 6 heteroatoms. The summed E-state index contributed by atoms with van der Waals surface area (Å²) in [5.74, 6) is -0.508. The van der Waals surface area contributed by atoms with E-state index in [1.54, 1.807) is 18.2 Å². The maximum absolute atomic E-state index is 11.4. The molecule has 0 radical (unpaired) electrons. The quantitative estimate of drug-likeness (QED) is 0.766. The first kappa shape index (κ1) is 14.1. The van der Waals surface area contributed by atoms with E-state index < -0.39 is 5.97 Å². The van der Waals surface area contributed by atoms with Gasteiger partial charge < -0.3 is 4.74 Å². The van der Waals surface area contributed by atoms with E-state index in [2.05, 4.69) is 9.72 Å². The zero-order chi connectivity index (χ0) is 14.0. The van der Waals surface area contributed by atoms with Gasteiger partial charge in [0.1, 0.15) is 0 Å². The van der Waals surface area contributed by atoms with Crippen molar-refractivity contribution >= 4 is 40.8 Å². The van der Waals surface area contributed by atoms with Gasteiger partial charge in [0.15, 0.2) is 0 Å². The molecule has 0 bridgehead atoms. The van der Waals surface area contributed by atoms with Gasteiger partial charge in [-0.3, -0.25) is 4.98 Å². The van der Waals surface area contributed by atoms with Gasteiger partial charge in [0.25, 0.3) is 0 Å². The van der Waals surface area contributed by atoms with E-state index in [0.29, 0.717) is 21.3 Å². The van der Waals surface area contributed by atoms with Crippen molar-refractivity contribution in [2.75, 3.05) is 7.11 Å². The van der Waals surface area contributed by atoms with Gasteiger partial charge in [-0.2, -0.15) is 0 Å². The third-order valence-corrected chi connectivity index (χ3v) is 3.38. The Morgan fingerprint density at radius 2 is 1.79 bits per heavy atom. The smallest absolute Gasteiger partial charge is 0.339 e. The van der Waals surface area contributed by atoms with Crippen LogP contribution in [0.2, 0.25) is 15.1 Å². The first-order chi connectivity index (χ1) is 9.04. The molecule has 98 valence electrons. The number of hydrogen-bond acceptors (Lipinski definition) is 3. The summed E-state index contributed by atoms with van der Waals surface area (Å²) < 4.78 is 4.59. The number of pyridine rings is 1. The highest BCUT2D eigenvalue weighted by atomic mass is 35.5. The lowest BCUT2D eigenvalue weighted by atomic mass is 10.1. The molecule has 0 saturated heterocycles. The van der Waals surface area contributed by atoms with Crippen molar-refractivity contribution in [2.45, 2.75) is 0 Å². The number of benzene rings is 1. The number of nitrogens with zero attached hydrogens (tertiary/aromatic N) is 1. The Morgan fingerprint density at radius 1 is 1.16 bits per heavy atom. The summed E-state index contributed by atoms with van der Waals surface area (Å²) in [7, 11) is 1.29. The van der Waals surface area contributed by atoms with Gasteiger partial charge >= 0.3 is 5.97 Å². The third-order valence-electron chi connectivity index (χ3n) is 2.46. The summed E-state index contributed by atoms with van der Waals surface area (Å²) in [6.07, 6.45) is 1.37. The molecule has 19 heavy (non-hydrogen) atoms. The van der Waals surface area contributed by atoms with Crippen molar-refractivity contribution in [1.82, 2.24) is 4.98 Å². The second-order valence-corrected chi connectivity index (χ2v) is 4.86. The highest BCUT2D eigenvalue weighted by Crippen LogP contribution is 2.37. The second kappa shape index (κ2) is 5.78. The lowest BCUT2D eigenvalue weighted by Gasteiger charge is -2.09. The highest BCUT2D eigenvalue weighted by molar-refractivity contribution is 6.41. The van der Waals surface area contributed by atoms with E-state index in [1.807, 2.05) is 0 Å². The van der Waals surface area contributed by atoms with Crippen LogP contribution in [0.5, 0.6) is 0 Å². The van der Waals surface area contributed by atoms with Crippen molar-refractivity contribution in [3.05, 3.63) is 51.1 Å². The van der Waals surface area contributed by atoms with Crippen LogP contribution in [0.15, 0.2) is 30.5 Å². The molecule has 0 aliphatic carbocycles. The molecular weight excluding hydrogens is 309 g/mol. The van der Waals surface area contributed by atoms with E-state index >= 15 is 0 Å². The minimum Gasteiger partial charge on any atom is -0.465 e. The van der Waals surface area contributed by atoms with Crippen LogP contribution in [0.25, 0.3) is 11.3 Å². The Labute approximate surface area is 125 Å². The van der Waals surface area contributed by atoms with E-state index in [-0.39, 0.29) is 10.6 Å². The number of carbonyl (C=O) groups excluding carboxylic acids is 1. The fraction of sp³-hybridized carbons (Fsp3) is 0.0769. The number of hydrogen-bond donors (Lipinski definition) is 0. The first-order valence-corrected chi connectivity index (χ1v) is 6.36. The lowest BCUT2D eigenvalue weighted by molar-refractivity contribution is 0.0600. The van der Waals surface area contributed by atoms with Crippen LogP contribution in [0.3, 0.4) is 0 Å². The van der Waals surface area contributed by atoms with Gasteiger partial charge in [0.2, 0.25) is 0 Å². The van der Waals surface area contributed by atoms with E-state index in [9.17, 15) is 4.79 Å². The van der Waals surface area contributed by atoms with Crippen LogP contribution in [0.4, 0.5) is 0 Å². The number of esters is 1. The maximum Gasteiger partial charge on any atom is 0.339 e. The summed E-state index contributed by atoms with van der Waals surface area (Å²) in [5, 5.41) is 1.15. The van der Waals surface area contributed by atoms with E-state index in [1.165, 1.54) is 19.4 Å². The summed E-state index contributed by atoms with van der Waals surface area (Å²) in [4.78, 5) is 15.5. The highest BCUT2D eigenvalue weighted by Gasteiger charge is 2.15. The molecule has 3 nitrogen and oxygen atoms in total. The maximum atomic E-state index is 11.4. The monoisotopic (exact) mass is 315 g/mol. The van der Waals surface area contributed by atoms with Gasteiger partial charge in [0, 0.05) is 11.8 Å². The van der Waals surface area contributed by atoms with Crippen LogP contribution >= 0.6 is 34.8 Å². The van der Waals surface area contributed by atoms with Crippen LogP contribution in [-0.2, 0) is 4.74 Å². The number of ether oxygens (including phenoxy) is 1. The molecule has 0 fully saturated rings. The molecule has 1 aromatic carbocycles. The Morgan fingerprint density at radius 3 is 2.32 bits per heavy atom. The summed E-state index contributed by atoms with van der Waals surface area (Å²) in [6, 6.07) is 6.57. The third kappa shape index (κ3) is 2.84. The van der Waals surface area contributed by atoms with Gasteiger partial charge in [-0.05, 0) is 18.2 Å². The number of aromatic nitrogens is 1. The Balaban J connectivity index is 2.56. The molecule has 1 aromatic heterocycles. The Kier molecular flexibility index (Phi) is 4.30. The molecule has 0 amide bonds. The molecule has 0 spiro atoms. The fourth-order valence-corrected chi connectivity index (χ4v) is 2.41. The van der Waals surface area contributed by atoms with Crippen molar-refractivity contribution in [3.63, 3.8) is 0 Å². The molecular formula is C13H8Cl3NO2. The minimum absolute atomic E-state index is 0.263. The Bertz CT molecular complexity index is 624. The molecule has 1 heterocycles. The molecule has 0 aliphatic rings. The zero-order valence-corrected chi connectivity index (χ0v) is 12.1. The summed E-state index contributed by atoms with van der Waals surface area (Å²) in [5.41, 5.74) is 1.22. The number of carbonyl (C=O) groups is 1. The van der Waals surface area contributed by atoms with Crippen LogP contribution in [0, 0.1) is 0 Å². The molecule has 0 N–H and O–H groups in total. The Hall–Kier alpha value is -1.29. The molecule has 0 unspecified atom stereocenters. The summed E-state index contributed by atoms with van der Waals surface area (Å²) in [6.45, 7) is 0. The largest absolute Gasteiger partial charge is 0.465 e. The topological polar surface area (TPSA) is 39.2 Å². The standard InChI is InChI=1S/C13H8Cl3NO2/c1-19-13(18)7-5-10(16)12(17-6-7)11-8(14)3-2-4-9(11)15/h2-6H,1H3. The van der Waals surface area contributed by atoms with Gasteiger partial charge in [-0.1, -0.05) is 40.9 Å². The normalized spacial score (nSPS) is 10.3. The summed E-state index contributed by atoms with van der Waals surface area (Å²) >= 11 is 18.3.